The summed E-state index contributed by atoms with van der Waals surface area (Å²) in [5.41, 5.74) is 0. The van der Waals surface area contributed by atoms with Gasteiger partial charge in [0.25, 0.3) is 0 Å². The van der Waals surface area contributed by atoms with Crippen LogP contribution in [-0.2, 0) is 9.59 Å². The SMILES string of the molecule is C=CCSN(C(C)=O)[C@@H](CS)C(=O)O. The summed E-state index contributed by atoms with van der Waals surface area (Å²) >= 11 is 5.02. The van der Waals surface area contributed by atoms with Gasteiger partial charge in [-0.3, -0.25) is 9.10 Å². The fraction of sp³-hybridized carbons (Fsp3) is 0.500. The van der Waals surface area contributed by atoms with E-state index in [1.54, 1.807) is 6.08 Å². The number of carbonyl (C=O) groups is 2. The molecule has 0 bridgehead atoms. The third kappa shape index (κ3) is 4.06. The molecule has 0 saturated heterocycles. The van der Waals surface area contributed by atoms with Gasteiger partial charge in [0.15, 0.2) is 0 Å². The Bertz CT molecular complexity index is 233. The van der Waals surface area contributed by atoms with Crippen LogP contribution in [0.2, 0.25) is 0 Å². The molecule has 80 valence electrons. The molecule has 0 aliphatic carbocycles. The van der Waals surface area contributed by atoms with Crippen molar-refractivity contribution in [3.63, 3.8) is 0 Å². The molecular weight excluding hydrogens is 222 g/mol. The standard InChI is InChI=1S/C8H13NO3S2/c1-3-4-14-9(6(2)10)7(5-13)8(11)12/h3,7,13H,1,4-5H2,2H3,(H,11,12)/t7-/m0/s1. The largest absolute Gasteiger partial charge is 0.480 e. The lowest BCUT2D eigenvalue weighted by Gasteiger charge is -2.24. The van der Waals surface area contributed by atoms with Gasteiger partial charge in [-0.2, -0.15) is 12.6 Å². The van der Waals surface area contributed by atoms with Crippen LogP contribution in [0.15, 0.2) is 12.7 Å². The highest BCUT2D eigenvalue weighted by Gasteiger charge is 2.26. The van der Waals surface area contributed by atoms with Gasteiger partial charge in [-0.15, -0.1) is 6.58 Å². The molecule has 0 aromatic rings. The monoisotopic (exact) mass is 235 g/mol. The maximum atomic E-state index is 11.1. The van der Waals surface area contributed by atoms with E-state index in [1.165, 1.54) is 11.2 Å². The first-order valence-electron chi connectivity index (χ1n) is 3.91. The van der Waals surface area contributed by atoms with E-state index < -0.39 is 12.0 Å². The van der Waals surface area contributed by atoms with E-state index in [9.17, 15) is 9.59 Å². The number of carbonyl (C=O) groups excluding carboxylic acids is 1. The van der Waals surface area contributed by atoms with E-state index in [0.717, 1.165) is 11.9 Å². The number of rotatable bonds is 6. The van der Waals surface area contributed by atoms with Crippen molar-refractivity contribution in [2.45, 2.75) is 13.0 Å². The Morgan fingerprint density at radius 3 is 2.57 bits per heavy atom. The summed E-state index contributed by atoms with van der Waals surface area (Å²) in [5, 5.41) is 8.81. The molecule has 6 heteroatoms. The van der Waals surface area contributed by atoms with E-state index in [-0.39, 0.29) is 11.7 Å². The molecule has 0 fully saturated rings. The number of carboxylic acids is 1. The van der Waals surface area contributed by atoms with Gasteiger partial charge in [-0.25, -0.2) is 4.79 Å². The highest BCUT2D eigenvalue weighted by molar-refractivity contribution is 7.97. The van der Waals surface area contributed by atoms with Crippen LogP contribution in [0, 0.1) is 0 Å². The maximum Gasteiger partial charge on any atom is 0.328 e. The van der Waals surface area contributed by atoms with Crippen LogP contribution >= 0.6 is 24.6 Å². The summed E-state index contributed by atoms with van der Waals surface area (Å²) in [7, 11) is 0. The summed E-state index contributed by atoms with van der Waals surface area (Å²) in [6, 6.07) is -0.888. The molecule has 1 N–H and O–H groups in total. The third-order valence-electron chi connectivity index (χ3n) is 1.38. The Morgan fingerprint density at radius 2 is 2.29 bits per heavy atom. The summed E-state index contributed by atoms with van der Waals surface area (Å²) in [6.07, 6.45) is 1.61. The first kappa shape index (κ1) is 13.4. The smallest absolute Gasteiger partial charge is 0.328 e. The predicted octanol–water partition coefficient (Wildman–Crippen LogP) is 1.05. The molecule has 0 rings (SSSR count). The summed E-state index contributed by atoms with van der Waals surface area (Å²) < 4.78 is 1.21. The van der Waals surface area contributed by atoms with Crippen LogP contribution in [0.1, 0.15) is 6.92 Å². The van der Waals surface area contributed by atoms with E-state index >= 15 is 0 Å². The Balaban J connectivity index is 4.51. The molecule has 0 aromatic carbocycles. The number of amides is 1. The van der Waals surface area contributed by atoms with Gasteiger partial charge in [-0.1, -0.05) is 6.08 Å². The van der Waals surface area contributed by atoms with Crippen molar-refractivity contribution in [3.05, 3.63) is 12.7 Å². The predicted molar refractivity (Wildman–Crippen MR) is 60.5 cm³/mol. The molecule has 14 heavy (non-hydrogen) atoms. The molecule has 0 saturated carbocycles. The highest BCUT2D eigenvalue weighted by atomic mass is 32.2. The van der Waals surface area contributed by atoms with Crippen LogP contribution in [0.3, 0.4) is 0 Å². The van der Waals surface area contributed by atoms with Crippen LogP contribution in [0.25, 0.3) is 0 Å². The lowest BCUT2D eigenvalue weighted by atomic mass is 10.3. The fourth-order valence-corrected chi connectivity index (χ4v) is 2.01. The van der Waals surface area contributed by atoms with Crippen molar-refractivity contribution < 1.29 is 14.7 Å². The maximum absolute atomic E-state index is 11.1. The molecule has 0 heterocycles. The zero-order valence-electron chi connectivity index (χ0n) is 7.84. The number of hydrogen-bond acceptors (Lipinski definition) is 4. The molecule has 1 amide bonds. The second-order valence-electron chi connectivity index (χ2n) is 2.47. The molecule has 0 radical (unpaired) electrons. The zero-order chi connectivity index (χ0) is 11.1. The Morgan fingerprint density at radius 1 is 1.71 bits per heavy atom. The number of aliphatic carboxylic acids is 1. The van der Waals surface area contributed by atoms with E-state index in [2.05, 4.69) is 19.2 Å². The van der Waals surface area contributed by atoms with Crippen LogP contribution in [0.5, 0.6) is 0 Å². The molecule has 4 nitrogen and oxygen atoms in total. The van der Waals surface area contributed by atoms with E-state index in [1.807, 2.05) is 0 Å². The molecule has 0 spiro atoms. The quantitative estimate of drug-likeness (QED) is 0.410. The van der Waals surface area contributed by atoms with Gasteiger partial charge in [0.05, 0.1) is 0 Å². The van der Waals surface area contributed by atoms with Gasteiger partial charge in [0.2, 0.25) is 5.91 Å². The molecule has 0 aromatic heterocycles. The molecule has 0 aliphatic heterocycles. The number of carboxylic acid groups (broad SMARTS) is 1. The highest BCUT2D eigenvalue weighted by Crippen LogP contribution is 2.16. The summed E-state index contributed by atoms with van der Waals surface area (Å²) in [4.78, 5) is 21.9. The Labute approximate surface area is 92.9 Å². The molecular formula is C8H13NO3S2. The minimum Gasteiger partial charge on any atom is -0.480 e. The lowest BCUT2D eigenvalue weighted by Crippen LogP contribution is -2.41. The van der Waals surface area contributed by atoms with Crippen molar-refractivity contribution in [1.82, 2.24) is 4.31 Å². The van der Waals surface area contributed by atoms with E-state index in [0.29, 0.717) is 5.75 Å². The van der Waals surface area contributed by atoms with Gasteiger partial charge in [0, 0.05) is 18.4 Å². The van der Waals surface area contributed by atoms with Crippen LogP contribution < -0.4 is 0 Å². The first-order valence-corrected chi connectivity index (χ1v) is 5.49. The van der Waals surface area contributed by atoms with Gasteiger partial charge < -0.3 is 5.11 Å². The summed E-state index contributed by atoms with van der Waals surface area (Å²) in [5.74, 6) is -0.749. The minimum absolute atomic E-state index is 0.0963. The zero-order valence-corrected chi connectivity index (χ0v) is 9.55. The van der Waals surface area contributed by atoms with Crippen molar-refractivity contribution in [2.24, 2.45) is 0 Å². The van der Waals surface area contributed by atoms with Crippen LogP contribution in [0.4, 0.5) is 0 Å². The summed E-state index contributed by atoms with van der Waals surface area (Å²) in [6.45, 7) is 4.83. The Hall–Kier alpha value is -0.620. The molecule has 0 aliphatic rings. The van der Waals surface area contributed by atoms with Crippen molar-refractivity contribution >= 4 is 36.5 Å². The number of thiol groups is 1. The second-order valence-corrected chi connectivity index (χ2v) is 3.82. The average Bonchev–Trinajstić information content (AvgIpc) is 2.10. The van der Waals surface area contributed by atoms with Crippen LogP contribution in [-0.4, -0.2) is 38.8 Å². The number of hydrogen-bond donors (Lipinski definition) is 2. The molecule has 0 unspecified atom stereocenters. The Kier molecular flexibility index (Phi) is 6.48. The number of nitrogens with zero attached hydrogens (tertiary/aromatic N) is 1. The van der Waals surface area contributed by atoms with Gasteiger partial charge in [0.1, 0.15) is 6.04 Å². The first-order chi connectivity index (χ1) is 6.54. The van der Waals surface area contributed by atoms with Crippen molar-refractivity contribution in [3.8, 4) is 0 Å². The minimum atomic E-state index is -1.05. The topological polar surface area (TPSA) is 57.6 Å². The normalized spacial score (nSPS) is 11.9. The average molecular weight is 235 g/mol. The fourth-order valence-electron chi connectivity index (χ4n) is 0.786. The second kappa shape index (κ2) is 6.78. The third-order valence-corrected chi connectivity index (χ3v) is 2.90. The van der Waals surface area contributed by atoms with Crippen molar-refractivity contribution in [1.29, 1.82) is 0 Å². The van der Waals surface area contributed by atoms with Gasteiger partial charge >= 0.3 is 5.97 Å². The van der Waals surface area contributed by atoms with Crippen molar-refractivity contribution in [2.75, 3.05) is 11.5 Å². The van der Waals surface area contributed by atoms with E-state index in [4.69, 9.17) is 5.11 Å². The van der Waals surface area contributed by atoms with Gasteiger partial charge in [-0.05, 0) is 11.9 Å². The molecule has 1 atom stereocenters. The lowest BCUT2D eigenvalue weighted by molar-refractivity contribution is -0.144.